The predicted molar refractivity (Wildman–Crippen MR) is 93.1 cm³/mol. The predicted octanol–water partition coefficient (Wildman–Crippen LogP) is 3.20. The van der Waals surface area contributed by atoms with Gasteiger partial charge in [0.15, 0.2) is 0 Å². The van der Waals surface area contributed by atoms with Gasteiger partial charge in [-0.25, -0.2) is 0 Å². The number of anilines is 1. The fourth-order valence-corrected chi connectivity index (χ4v) is 3.16. The van der Waals surface area contributed by atoms with E-state index in [1.807, 2.05) is 6.92 Å². The highest BCUT2D eigenvalue weighted by Crippen LogP contribution is 2.30. The van der Waals surface area contributed by atoms with Crippen LogP contribution >= 0.6 is 0 Å². The summed E-state index contributed by atoms with van der Waals surface area (Å²) in [5.74, 6) is 0. The first kappa shape index (κ1) is 15.1. The summed E-state index contributed by atoms with van der Waals surface area (Å²) < 4.78 is 0. The standard InChI is InChI=1S/C19H25N3/c1-15(20)16-8-10-18(11-9-16)22-13-12-21(2)14-19(22)17-6-4-3-5-7-17/h3-11,15,19H,12-14,20H2,1-2H3. The van der Waals surface area contributed by atoms with Gasteiger partial charge in [0.05, 0.1) is 6.04 Å². The van der Waals surface area contributed by atoms with Crippen molar-refractivity contribution in [1.29, 1.82) is 0 Å². The number of hydrogen-bond acceptors (Lipinski definition) is 3. The van der Waals surface area contributed by atoms with Crippen LogP contribution in [0.4, 0.5) is 5.69 Å². The molecule has 2 unspecified atom stereocenters. The fraction of sp³-hybridized carbons (Fsp3) is 0.368. The molecule has 3 heteroatoms. The number of benzene rings is 2. The van der Waals surface area contributed by atoms with Crippen LogP contribution in [0.5, 0.6) is 0 Å². The van der Waals surface area contributed by atoms with E-state index in [0.29, 0.717) is 6.04 Å². The van der Waals surface area contributed by atoms with Gasteiger partial charge in [-0.1, -0.05) is 42.5 Å². The van der Waals surface area contributed by atoms with Crippen LogP contribution in [0.25, 0.3) is 0 Å². The summed E-state index contributed by atoms with van der Waals surface area (Å²) in [5.41, 5.74) is 9.81. The number of hydrogen-bond donors (Lipinski definition) is 1. The molecule has 0 saturated carbocycles. The first-order valence-electron chi connectivity index (χ1n) is 8.01. The summed E-state index contributed by atoms with van der Waals surface area (Å²) in [5, 5.41) is 0. The van der Waals surface area contributed by atoms with Crippen molar-refractivity contribution in [2.45, 2.75) is 19.0 Å². The number of piperazine rings is 1. The monoisotopic (exact) mass is 295 g/mol. The summed E-state index contributed by atoms with van der Waals surface area (Å²) in [6, 6.07) is 20.0. The lowest BCUT2D eigenvalue weighted by Gasteiger charge is -2.42. The van der Waals surface area contributed by atoms with Crippen LogP contribution in [-0.2, 0) is 0 Å². The molecule has 0 aliphatic carbocycles. The number of rotatable bonds is 3. The molecule has 1 heterocycles. The molecule has 116 valence electrons. The van der Waals surface area contributed by atoms with Gasteiger partial charge in [-0.2, -0.15) is 0 Å². The van der Waals surface area contributed by atoms with Crippen LogP contribution in [0, 0.1) is 0 Å². The van der Waals surface area contributed by atoms with Crippen LogP contribution < -0.4 is 10.6 Å². The SMILES string of the molecule is CC(N)c1ccc(N2CCN(C)CC2c2ccccc2)cc1. The van der Waals surface area contributed by atoms with E-state index in [4.69, 9.17) is 5.73 Å². The summed E-state index contributed by atoms with van der Waals surface area (Å²) in [4.78, 5) is 4.92. The molecule has 2 aromatic carbocycles. The number of nitrogens with zero attached hydrogens (tertiary/aromatic N) is 2. The Morgan fingerprint density at radius 3 is 2.32 bits per heavy atom. The average molecular weight is 295 g/mol. The van der Waals surface area contributed by atoms with Crippen molar-refractivity contribution in [2.24, 2.45) is 5.73 Å². The Bertz CT molecular complexity index is 592. The minimum atomic E-state index is 0.0893. The van der Waals surface area contributed by atoms with E-state index >= 15 is 0 Å². The lowest BCUT2D eigenvalue weighted by atomic mass is 10.0. The third-order valence-corrected chi connectivity index (χ3v) is 4.52. The van der Waals surface area contributed by atoms with Crippen LogP contribution in [0.15, 0.2) is 54.6 Å². The van der Waals surface area contributed by atoms with E-state index in [0.717, 1.165) is 19.6 Å². The number of likely N-dealkylation sites (N-methyl/N-ethyl adjacent to an activating group) is 1. The molecule has 0 aromatic heterocycles. The fourth-order valence-electron chi connectivity index (χ4n) is 3.16. The zero-order chi connectivity index (χ0) is 15.5. The van der Waals surface area contributed by atoms with Crippen molar-refractivity contribution in [2.75, 3.05) is 31.6 Å². The van der Waals surface area contributed by atoms with Crippen molar-refractivity contribution in [3.05, 3.63) is 65.7 Å². The lowest BCUT2D eigenvalue weighted by Crippen LogP contribution is -2.46. The Morgan fingerprint density at radius 1 is 1.00 bits per heavy atom. The lowest BCUT2D eigenvalue weighted by molar-refractivity contribution is 0.269. The molecule has 3 rings (SSSR count). The Hall–Kier alpha value is -1.84. The van der Waals surface area contributed by atoms with E-state index in [2.05, 4.69) is 71.4 Å². The maximum absolute atomic E-state index is 5.96. The van der Waals surface area contributed by atoms with Gasteiger partial charge in [0, 0.05) is 31.4 Å². The largest absolute Gasteiger partial charge is 0.362 e. The van der Waals surface area contributed by atoms with Crippen molar-refractivity contribution in [1.82, 2.24) is 4.90 Å². The topological polar surface area (TPSA) is 32.5 Å². The minimum Gasteiger partial charge on any atom is -0.362 e. The second-order valence-corrected chi connectivity index (χ2v) is 6.26. The van der Waals surface area contributed by atoms with Crippen LogP contribution in [0.2, 0.25) is 0 Å². The molecule has 3 nitrogen and oxygen atoms in total. The Kier molecular flexibility index (Phi) is 4.46. The van der Waals surface area contributed by atoms with E-state index < -0.39 is 0 Å². The van der Waals surface area contributed by atoms with E-state index in [1.165, 1.54) is 16.8 Å². The molecular formula is C19H25N3. The molecule has 1 saturated heterocycles. The summed E-state index contributed by atoms with van der Waals surface area (Å²) >= 11 is 0. The van der Waals surface area contributed by atoms with Crippen LogP contribution in [0.3, 0.4) is 0 Å². The quantitative estimate of drug-likeness (QED) is 0.944. The Morgan fingerprint density at radius 2 is 1.68 bits per heavy atom. The maximum Gasteiger partial charge on any atom is 0.0669 e. The molecule has 0 radical (unpaired) electrons. The van der Waals surface area contributed by atoms with E-state index in [-0.39, 0.29) is 6.04 Å². The van der Waals surface area contributed by atoms with Crippen molar-refractivity contribution in [3.63, 3.8) is 0 Å². The molecule has 1 aliphatic heterocycles. The molecular weight excluding hydrogens is 270 g/mol. The molecule has 0 bridgehead atoms. The molecule has 0 amide bonds. The molecule has 1 aliphatic rings. The maximum atomic E-state index is 5.96. The smallest absolute Gasteiger partial charge is 0.0669 e. The highest BCUT2D eigenvalue weighted by atomic mass is 15.3. The summed E-state index contributed by atoms with van der Waals surface area (Å²) in [6.07, 6.45) is 0. The van der Waals surface area contributed by atoms with Crippen molar-refractivity contribution in [3.8, 4) is 0 Å². The van der Waals surface area contributed by atoms with E-state index in [9.17, 15) is 0 Å². The first-order chi connectivity index (χ1) is 10.6. The molecule has 2 aromatic rings. The van der Waals surface area contributed by atoms with E-state index in [1.54, 1.807) is 0 Å². The van der Waals surface area contributed by atoms with Gasteiger partial charge < -0.3 is 15.5 Å². The normalized spacial score (nSPS) is 20.9. The molecule has 2 N–H and O–H groups in total. The molecule has 0 spiro atoms. The van der Waals surface area contributed by atoms with Gasteiger partial charge in [0.2, 0.25) is 0 Å². The third kappa shape index (κ3) is 3.16. The van der Waals surface area contributed by atoms with Gasteiger partial charge in [0.1, 0.15) is 0 Å². The summed E-state index contributed by atoms with van der Waals surface area (Å²) in [7, 11) is 2.20. The highest BCUT2D eigenvalue weighted by molar-refractivity contribution is 5.51. The Labute approximate surface area is 133 Å². The molecule has 22 heavy (non-hydrogen) atoms. The van der Waals surface area contributed by atoms with Gasteiger partial charge in [-0.05, 0) is 37.2 Å². The molecule has 1 fully saturated rings. The van der Waals surface area contributed by atoms with Gasteiger partial charge in [-0.15, -0.1) is 0 Å². The number of nitrogens with two attached hydrogens (primary N) is 1. The van der Waals surface area contributed by atoms with Gasteiger partial charge >= 0.3 is 0 Å². The third-order valence-electron chi connectivity index (χ3n) is 4.52. The minimum absolute atomic E-state index is 0.0893. The molecule has 2 atom stereocenters. The van der Waals surface area contributed by atoms with Crippen molar-refractivity contribution >= 4 is 5.69 Å². The zero-order valence-corrected chi connectivity index (χ0v) is 13.4. The highest BCUT2D eigenvalue weighted by Gasteiger charge is 2.26. The first-order valence-corrected chi connectivity index (χ1v) is 8.01. The van der Waals surface area contributed by atoms with Gasteiger partial charge in [-0.3, -0.25) is 0 Å². The Balaban J connectivity index is 1.89. The second-order valence-electron chi connectivity index (χ2n) is 6.26. The van der Waals surface area contributed by atoms with Crippen LogP contribution in [0.1, 0.15) is 30.1 Å². The average Bonchev–Trinajstić information content (AvgIpc) is 2.56. The van der Waals surface area contributed by atoms with Crippen LogP contribution in [-0.4, -0.2) is 31.6 Å². The second kappa shape index (κ2) is 6.51. The van der Waals surface area contributed by atoms with Crippen molar-refractivity contribution < 1.29 is 0 Å². The zero-order valence-electron chi connectivity index (χ0n) is 13.4. The van der Waals surface area contributed by atoms with Gasteiger partial charge in [0.25, 0.3) is 0 Å². The summed E-state index contributed by atoms with van der Waals surface area (Å²) in [6.45, 7) is 5.22.